The summed E-state index contributed by atoms with van der Waals surface area (Å²) in [6, 6.07) is 33.0. The topological polar surface area (TPSA) is 0 Å². The van der Waals surface area contributed by atoms with Crippen molar-refractivity contribution in [2.45, 2.75) is 6.92 Å². The first-order valence-electron chi connectivity index (χ1n) is 7.43. The van der Waals surface area contributed by atoms with Gasteiger partial charge in [-0.25, -0.2) is 0 Å². The lowest BCUT2D eigenvalue weighted by Gasteiger charge is -2.26. The van der Waals surface area contributed by atoms with Crippen LogP contribution in [0.4, 0.5) is 0 Å². The lowest BCUT2D eigenvalue weighted by Crippen LogP contribution is -3.00. The maximum absolute atomic E-state index is 2.32. The normalized spacial score (nSPS) is 10.3. The van der Waals surface area contributed by atoms with Crippen LogP contribution in [0.5, 0.6) is 0 Å². The van der Waals surface area contributed by atoms with Gasteiger partial charge < -0.3 is 17.0 Å². The van der Waals surface area contributed by atoms with E-state index < -0.39 is 7.26 Å². The van der Waals surface area contributed by atoms with E-state index in [9.17, 15) is 0 Å². The highest BCUT2D eigenvalue weighted by Gasteiger charge is 2.43. The number of rotatable bonds is 4. The average Bonchev–Trinajstić information content (AvgIpc) is 2.59. The van der Waals surface area contributed by atoms with Crippen molar-refractivity contribution in [3.05, 3.63) is 91.0 Å². The fourth-order valence-corrected chi connectivity index (χ4v) is 7.08. The molecule has 0 saturated heterocycles. The molecule has 3 rings (SSSR count). The Balaban J connectivity index is 0.00000132. The first kappa shape index (κ1) is 20.0. The third kappa shape index (κ3) is 3.92. The van der Waals surface area contributed by atoms with Crippen LogP contribution in [0, 0.1) is 0 Å². The summed E-state index contributed by atoms with van der Waals surface area (Å²) in [5.41, 5.74) is 0. The number of hydrogen-bond donors (Lipinski definition) is 0. The molecule has 0 aliphatic heterocycles. The Kier molecular flexibility index (Phi) is 8.13. The highest BCUT2D eigenvalue weighted by atomic mass is 79.9. The molecule has 0 heterocycles. The van der Waals surface area contributed by atoms with Gasteiger partial charge in [0.05, 0.1) is 6.16 Å². The van der Waals surface area contributed by atoms with Crippen molar-refractivity contribution >= 4 is 33.1 Å². The van der Waals surface area contributed by atoms with Gasteiger partial charge in [-0.15, -0.1) is 0 Å². The number of hydrogen-bond acceptors (Lipinski definition) is 0. The molecule has 0 aliphatic rings. The predicted octanol–water partition coefficient (Wildman–Crippen LogP) is 1.06. The van der Waals surface area contributed by atoms with Crippen LogP contribution in [0.3, 0.4) is 0 Å². The molecule has 0 saturated carbocycles. The largest absolute Gasteiger partial charge is 1.00 e. The zero-order valence-electron chi connectivity index (χ0n) is 13.4. The molecule has 0 bridgehead atoms. The maximum Gasteiger partial charge on any atom is 0.111 e. The molecule has 1 atom stereocenters. The van der Waals surface area contributed by atoms with Crippen molar-refractivity contribution in [1.82, 2.24) is 0 Å². The smallest absolute Gasteiger partial charge is 0.111 e. The monoisotopic (exact) mass is 404 g/mol. The molecule has 0 nitrogen and oxygen atoms in total. The second kappa shape index (κ2) is 9.33. The maximum atomic E-state index is 2.32. The van der Waals surface area contributed by atoms with Crippen LogP contribution in [0.15, 0.2) is 91.0 Å². The second-order valence-corrected chi connectivity index (χ2v) is 8.93. The van der Waals surface area contributed by atoms with Crippen molar-refractivity contribution in [3.63, 3.8) is 0 Å². The molecule has 3 heteroatoms. The van der Waals surface area contributed by atoms with Gasteiger partial charge in [0, 0.05) is 0 Å². The summed E-state index contributed by atoms with van der Waals surface area (Å²) >= 11 is 0. The van der Waals surface area contributed by atoms with Crippen molar-refractivity contribution in [2.75, 3.05) is 6.16 Å². The average molecular weight is 405 g/mol. The highest BCUT2D eigenvalue weighted by Crippen LogP contribution is 2.54. The van der Waals surface area contributed by atoms with E-state index in [0.717, 1.165) is 6.16 Å². The van der Waals surface area contributed by atoms with Crippen LogP contribution in [0.25, 0.3) is 0 Å². The van der Waals surface area contributed by atoms with Gasteiger partial charge in [0.1, 0.15) is 23.2 Å². The standard InChI is InChI=1S/C20H20P.BrH.H3P/c1-2-21(18-12-6-3-7-13-18,19-14-8-4-9-15-19)20-16-10-5-11-17-20;;/h3-17H,2H2,1H3;1H;1H3/q+1;;/p-1. The van der Waals surface area contributed by atoms with E-state index in [2.05, 4.69) is 97.9 Å². The molecule has 0 fully saturated rings. The summed E-state index contributed by atoms with van der Waals surface area (Å²) in [4.78, 5) is 0. The van der Waals surface area contributed by atoms with Gasteiger partial charge in [0.2, 0.25) is 0 Å². The fourth-order valence-electron chi connectivity index (χ4n) is 3.04. The van der Waals surface area contributed by atoms with Crippen LogP contribution < -0.4 is 32.9 Å². The second-order valence-electron chi connectivity index (χ2n) is 5.13. The van der Waals surface area contributed by atoms with Gasteiger partial charge in [0.15, 0.2) is 0 Å². The van der Waals surface area contributed by atoms with Crippen LogP contribution >= 0.6 is 17.2 Å². The highest BCUT2D eigenvalue weighted by molar-refractivity contribution is 7.95. The minimum Gasteiger partial charge on any atom is -1.00 e. The number of halogens is 1. The Morgan fingerprint density at radius 2 is 0.826 bits per heavy atom. The van der Waals surface area contributed by atoms with Crippen LogP contribution in [0.1, 0.15) is 6.92 Å². The molecule has 120 valence electrons. The van der Waals surface area contributed by atoms with Gasteiger partial charge in [-0.2, -0.15) is 9.90 Å². The Bertz CT molecular complexity index is 588. The number of benzene rings is 3. The van der Waals surface area contributed by atoms with E-state index in [1.165, 1.54) is 15.9 Å². The molecular formula is C20H23BrP2. The Hall–Kier alpha value is -1.000. The third-order valence-corrected chi connectivity index (χ3v) is 8.55. The van der Waals surface area contributed by atoms with Gasteiger partial charge >= 0.3 is 0 Å². The van der Waals surface area contributed by atoms with Gasteiger partial charge in [0.25, 0.3) is 0 Å². The molecule has 3 aromatic rings. The van der Waals surface area contributed by atoms with E-state index in [1.54, 1.807) is 0 Å². The first-order chi connectivity index (χ1) is 10.4. The SMILES string of the molecule is CC[P+](c1ccccc1)(c1ccccc1)c1ccccc1.P.[Br-]. The van der Waals surface area contributed by atoms with Crippen molar-refractivity contribution < 1.29 is 17.0 Å². The summed E-state index contributed by atoms with van der Waals surface area (Å²) in [6.45, 7) is 2.32. The lowest BCUT2D eigenvalue weighted by molar-refractivity contribution is -0.00000424. The van der Waals surface area contributed by atoms with Crippen LogP contribution in [-0.4, -0.2) is 6.16 Å². The zero-order valence-corrected chi connectivity index (χ0v) is 17.3. The molecular weight excluding hydrogens is 382 g/mol. The predicted molar refractivity (Wildman–Crippen MR) is 107 cm³/mol. The van der Waals surface area contributed by atoms with Crippen molar-refractivity contribution in [2.24, 2.45) is 0 Å². The molecule has 1 unspecified atom stereocenters. The molecule has 0 radical (unpaired) electrons. The summed E-state index contributed by atoms with van der Waals surface area (Å²) in [6.07, 6.45) is 1.14. The molecule has 23 heavy (non-hydrogen) atoms. The molecule has 0 N–H and O–H groups in total. The third-order valence-electron chi connectivity index (χ3n) is 4.07. The van der Waals surface area contributed by atoms with Crippen molar-refractivity contribution in [1.29, 1.82) is 0 Å². The van der Waals surface area contributed by atoms with E-state index >= 15 is 0 Å². The van der Waals surface area contributed by atoms with Crippen LogP contribution in [0.2, 0.25) is 0 Å². The zero-order chi connectivity index (χ0) is 14.5. The fraction of sp³-hybridized carbons (Fsp3) is 0.100. The van der Waals surface area contributed by atoms with Crippen molar-refractivity contribution in [3.8, 4) is 0 Å². The summed E-state index contributed by atoms with van der Waals surface area (Å²) in [5.74, 6) is 0. The minimum atomic E-state index is -1.53. The minimum absolute atomic E-state index is 0. The van der Waals surface area contributed by atoms with Gasteiger partial charge in [-0.1, -0.05) is 54.6 Å². The molecule has 0 aliphatic carbocycles. The van der Waals surface area contributed by atoms with E-state index in [1.807, 2.05) is 0 Å². The summed E-state index contributed by atoms with van der Waals surface area (Å²) in [7, 11) is -1.53. The van der Waals surface area contributed by atoms with Gasteiger partial charge in [-0.05, 0) is 43.3 Å². The molecule has 0 aromatic heterocycles. The van der Waals surface area contributed by atoms with E-state index in [-0.39, 0.29) is 26.9 Å². The quantitative estimate of drug-likeness (QED) is 0.570. The first-order valence-corrected chi connectivity index (χ1v) is 9.40. The Labute approximate surface area is 154 Å². The Morgan fingerprint density at radius 1 is 0.565 bits per heavy atom. The van der Waals surface area contributed by atoms with E-state index in [0.29, 0.717) is 0 Å². The molecule has 0 spiro atoms. The van der Waals surface area contributed by atoms with E-state index in [4.69, 9.17) is 0 Å². The molecule has 0 amide bonds. The van der Waals surface area contributed by atoms with Gasteiger partial charge in [-0.3, -0.25) is 0 Å². The lowest BCUT2D eigenvalue weighted by atomic mass is 10.4. The molecule has 3 aromatic carbocycles. The summed E-state index contributed by atoms with van der Waals surface area (Å²) in [5, 5.41) is 4.39. The summed E-state index contributed by atoms with van der Waals surface area (Å²) < 4.78 is 0. The van der Waals surface area contributed by atoms with Crippen LogP contribution in [-0.2, 0) is 0 Å². The Morgan fingerprint density at radius 3 is 1.04 bits per heavy atom.